The van der Waals surface area contributed by atoms with E-state index in [0.29, 0.717) is 36.4 Å². The van der Waals surface area contributed by atoms with E-state index >= 15 is 0 Å². The van der Waals surface area contributed by atoms with Gasteiger partial charge in [-0.25, -0.2) is 9.37 Å². The molecule has 0 aliphatic heterocycles. The minimum absolute atomic E-state index is 0.285. The highest BCUT2D eigenvalue weighted by molar-refractivity contribution is 5.70. The van der Waals surface area contributed by atoms with E-state index in [1.165, 1.54) is 6.07 Å². The van der Waals surface area contributed by atoms with Gasteiger partial charge in [0, 0.05) is 12.8 Å². The summed E-state index contributed by atoms with van der Waals surface area (Å²) in [6, 6.07) is 6.50. The Kier molecular flexibility index (Phi) is 3.26. The first kappa shape index (κ1) is 12.8. The van der Waals surface area contributed by atoms with E-state index in [4.69, 9.17) is 9.52 Å². The summed E-state index contributed by atoms with van der Waals surface area (Å²) >= 11 is 0. The fourth-order valence-corrected chi connectivity index (χ4v) is 2.52. The SMILES string of the molecule is O=C(O)C1CCc2oc(Cc3ccccc3F)nc2C1. The molecule has 3 rings (SSSR count). The number of aromatic nitrogens is 1. The number of nitrogens with zero attached hydrogens (tertiary/aromatic N) is 1. The normalized spacial score (nSPS) is 17.8. The average molecular weight is 275 g/mol. The predicted molar refractivity (Wildman–Crippen MR) is 68.9 cm³/mol. The number of carbonyl (C=O) groups is 1. The quantitative estimate of drug-likeness (QED) is 0.935. The number of hydrogen-bond donors (Lipinski definition) is 1. The maximum absolute atomic E-state index is 13.6. The summed E-state index contributed by atoms with van der Waals surface area (Å²) in [6.45, 7) is 0. The smallest absolute Gasteiger partial charge is 0.306 e. The standard InChI is InChI=1S/C15H14FNO3/c16-11-4-2-1-3-9(11)8-14-17-12-7-10(15(18)19)5-6-13(12)20-14/h1-4,10H,5-8H2,(H,18,19). The van der Waals surface area contributed by atoms with E-state index in [0.717, 1.165) is 5.76 Å². The van der Waals surface area contributed by atoms with Gasteiger partial charge in [0.2, 0.25) is 0 Å². The molecule has 0 amide bonds. The van der Waals surface area contributed by atoms with Crippen molar-refractivity contribution in [2.45, 2.75) is 25.7 Å². The van der Waals surface area contributed by atoms with Crippen molar-refractivity contribution in [3.05, 3.63) is 53.0 Å². The highest BCUT2D eigenvalue weighted by Crippen LogP contribution is 2.27. The lowest BCUT2D eigenvalue weighted by molar-refractivity contribution is -0.142. The van der Waals surface area contributed by atoms with Crippen LogP contribution < -0.4 is 0 Å². The number of benzene rings is 1. The predicted octanol–water partition coefficient (Wildman–Crippen LogP) is 2.59. The number of carboxylic acids is 1. The summed E-state index contributed by atoms with van der Waals surface area (Å²) in [6.07, 6.45) is 1.83. The number of hydrogen-bond acceptors (Lipinski definition) is 3. The molecule has 20 heavy (non-hydrogen) atoms. The minimum atomic E-state index is -0.797. The second-order valence-electron chi connectivity index (χ2n) is 5.02. The molecular formula is C15H14FNO3. The molecule has 1 heterocycles. The van der Waals surface area contributed by atoms with Crippen LogP contribution in [0.2, 0.25) is 0 Å². The van der Waals surface area contributed by atoms with Crippen molar-refractivity contribution in [1.29, 1.82) is 0 Å². The molecule has 0 spiro atoms. The maximum atomic E-state index is 13.6. The molecule has 4 nitrogen and oxygen atoms in total. The monoisotopic (exact) mass is 275 g/mol. The maximum Gasteiger partial charge on any atom is 0.306 e. The first-order valence-corrected chi connectivity index (χ1v) is 6.57. The molecule has 2 aromatic rings. The van der Waals surface area contributed by atoms with Crippen molar-refractivity contribution < 1.29 is 18.7 Å². The number of carboxylic acid groups (broad SMARTS) is 1. The van der Waals surface area contributed by atoms with Gasteiger partial charge in [0.05, 0.1) is 18.0 Å². The number of fused-ring (bicyclic) bond motifs is 1. The van der Waals surface area contributed by atoms with Gasteiger partial charge in [-0.1, -0.05) is 18.2 Å². The summed E-state index contributed by atoms with van der Waals surface area (Å²) in [5, 5.41) is 9.03. The summed E-state index contributed by atoms with van der Waals surface area (Å²) in [7, 11) is 0. The molecule has 1 aromatic heterocycles. The van der Waals surface area contributed by atoms with Gasteiger partial charge in [-0.2, -0.15) is 0 Å². The van der Waals surface area contributed by atoms with E-state index in [2.05, 4.69) is 4.98 Å². The zero-order valence-corrected chi connectivity index (χ0v) is 10.8. The Balaban J connectivity index is 1.81. The van der Waals surface area contributed by atoms with Gasteiger partial charge in [-0.3, -0.25) is 4.79 Å². The molecule has 0 radical (unpaired) electrons. The Morgan fingerprint density at radius 3 is 3.00 bits per heavy atom. The number of aliphatic carboxylic acids is 1. The van der Waals surface area contributed by atoms with E-state index in [9.17, 15) is 9.18 Å². The topological polar surface area (TPSA) is 63.3 Å². The summed E-state index contributed by atoms with van der Waals surface area (Å²) in [5.74, 6) is -0.282. The zero-order valence-electron chi connectivity index (χ0n) is 10.8. The van der Waals surface area contributed by atoms with E-state index < -0.39 is 11.9 Å². The average Bonchev–Trinajstić information content (AvgIpc) is 2.82. The van der Waals surface area contributed by atoms with Crippen molar-refractivity contribution in [3.63, 3.8) is 0 Å². The molecule has 1 unspecified atom stereocenters. The number of oxazole rings is 1. The van der Waals surface area contributed by atoms with E-state index in [1.54, 1.807) is 18.2 Å². The molecule has 0 bridgehead atoms. The van der Waals surface area contributed by atoms with Gasteiger partial charge < -0.3 is 9.52 Å². The second-order valence-corrected chi connectivity index (χ2v) is 5.02. The molecule has 0 fully saturated rings. The lowest BCUT2D eigenvalue weighted by atomic mass is 9.90. The fourth-order valence-electron chi connectivity index (χ4n) is 2.52. The van der Waals surface area contributed by atoms with Crippen molar-refractivity contribution in [3.8, 4) is 0 Å². The van der Waals surface area contributed by atoms with Crippen LogP contribution in [0.25, 0.3) is 0 Å². The molecule has 1 N–H and O–H groups in total. The Morgan fingerprint density at radius 1 is 1.45 bits per heavy atom. The minimum Gasteiger partial charge on any atom is -0.481 e. The molecule has 1 aliphatic rings. The number of aryl methyl sites for hydroxylation is 1. The first-order chi connectivity index (χ1) is 9.63. The second kappa shape index (κ2) is 5.07. The van der Waals surface area contributed by atoms with E-state index in [-0.39, 0.29) is 12.2 Å². The molecular weight excluding hydrogens is 261 g/mol. The van der Waals surface area contributed by atoms with Crippen molar-refractivity contribution in [2.75, 3.05) is 0 Å². The fraction of sp³-hybridized carbons (Fsp3) is 0.333. The molecule has 104 valence electrons. The van der Waals surface area contributed by atoms with Gasteiger partial charge in [0.15, 0.2) is 5.89 Å². The molecule has 0 saturated heterocycles. The molecule has 0 saturated carbocycles. The highest BCUT2D eigenvalue weighted by atomic mass is 19.1. The highest BCUT2D eigenvalue weighted by Gasteiger charge is 2.28. The van der Waals surface area contributed by atoms with Gasteiger partial charge in [-0.05, 0) is 18.1 Å². The first-order valence-electron chi connectivity index (χ1n) is 6.57. The van der Waals surface area contributed by atoms with Crippen molar-refractivity contribution in [2.24, 2.45) is 5.92 Å². The van der Waals surface area contributed by atoms with Gasteiger partial charge in [-0.15, -0.1) is 0 Å². The number of rotatable bonds is 3. The van der Waals surface area contributed by atoms with Crippen LogP contribution in [0.4, 0.5) is 4.39 Å². The van der Waals surface area contributed by atoms with Crippen LogP contribution in [0, 0.1) is 11.7 Å². The third-order valence-corrected chi connectivity index (χ3v) is 3.63. The Hall–Kier alpha value is -2.17. The Morgan fingerprint density at radius 2 is 2.25 bits per heavy atom. The van der Waals surface area contributed by atoms with Gasteiger partial charge in [0.1, 0.15) is 11.6 Å². The Labute approximate surface area is 115 Å². The van der Waals surface area contributed by atoms with Crippen LogP contribution in [0.15, 0.2) is 28.7 Å². The molecule has 1 aliphatic carbocycles. The van der Waals surface area contributed by atoms with Gasteiger partial charge >= 0.3 is 5.97 Å². The third kappa shape index (κ3) is 2.43. The zero-order chi connectivity index (χ0) is 14.1. The lowest BCUT2D eigenvalue weighted by Gasteiger charge is -2.15. The van der Waals surface area contributed by atoms with Gasteiger partial charge in [0.25, 0.3) is 0 Å². The van der Waals surface area contributed by atoms with Crippen molar-refractivity contribution >= 4 is 5.97 Å². The van der Waals surface area contributed by atoms with Crippen LogP contribution in [-0.4, -0.2) is 16.1 Å². The molecule has 1 aromatic carbocycles. The molecule has 5 heteroatoms. The number of halogens is 1. The van der Waals surface area contributed by atoms with Crippen molar-refractivity contribution in [1.82, 2.24) is 4.98 Å². The Bertz CT molecular complexity index is 650. The lowest BCUT2D eigenvalue weighted by Crippen LogP contribution is -2.21. The van der Waals surface area contributed by atoms with Crippen LogP contribution in [-0.2, 0) is 24.1 Å². The third-order valence-electron chi connectivity index (χ3n) is 3.63. The summed E-state index contributed by atoms with van der Waals surface area (Å²) in [4.78, 5) is 15.3. The summed E-state index contributed by atoms with van der Waals surface area (Å²) < 4.78 is 19.2. The summed E-state index contributed by atoms with van der Waals surface area (Å²) in [5.41, 5.74) is 1.23. The van der Waals surface area contributed by atoms with E-state index in [1.807, 2.05) is 0 Å². The van der Waals surface area contributed by atoms with Crippen LogP contribution in [0.1, 0.15) is 29.3 Å². The van der Waals surface area contributed by atoms with Crippen LogP contribution >= 0.6 is 0 Å². The largest absolute Gasteiger partial charge is 0.481 e. The van der Waals surface area contributed by atoms with Crippen LogP contribution in [0.5, 0.6) is 0 Å². The molecule has 1 atom stereocenters. The van der Waals surface area contributed by atoms with Crippen LogP contribution in [0.3, 0.4) is 0 Å².